The number of halogens is 1. The van der Waals surface area contributed by atoms with Crippen LogP contribution < -0.4 is 5.32 Å². The van der Waals surface area contributed by atoms with Gasteiger partial charge < -0.3 is 9.73 Å². The molecule has 1 saturated carbocycles. The van der Waals surface area contributed by atoms with Gasteiger partial charge in [-0.15, -0.1) is 0 Å². The molecule has 1 N–H and O–H groups in total. The molecule has 3 unspecified atom stereocenters. The molecule has 2 nitrogen and oxygen atoms in total. The minimum Gasteiger partial charge on any atom is -0.459 e. The normalized spacial score (nSPS) is 24.3. The van der Waals surface area contributed by atoms with E-state index in [2.05, 4.69) is 18.3 Å². The Kier molecular flexibility index (Phi) is 4.56. The third-order valence-corrected chi connectivity index (χ3v) is 5.22. The standard InChI is InChI=1S/C18H24ClNO/c1-3-12-5-4-6-13(9-12)18(20-2)17-11-14-10-15(19)7-8-16(14)21-17/h7-8,10-13,18,20H,3-6,9H2,1-2H3. The minimum absolute atomic E-state index is 0.311. The lowest BCUT2D eigenvalue weighted by molar-refractivity contribution is 0.201. The Morgan fingerprint density at radius 1 is 1.33 bits per heavy atom. The second-order valence-electron chi connectivity index (χ2n) is 6.30. The second kappa shape index (κ2) is 6.41. The summed E-state index contributed by atoms with van der Waals surface area (Å²) in [4.78, 5) is 0. The highest BCUT2D eigenvalue weighted by Crippen LogP contribution is 2.39. The first kappa shape index (κ1) is 14.9. The summed E-state index contributed by atoms with van der Waals surface area (Å²) in [5.41, 5.74) is 0.928. The summed E-state index contributed by atoms with van der Waals surface area (Å²) in [5.74, 6) is 2.60. The van der Waals surface area contributed by atoms with E-state index in [1.165, 1.54) is 32.1 Å². The van der Waals surface area contributed by atoms with E-state index in [1.807, 2.05) is 25.2 Å². The lowest BCUT2D eigenvalue weighted by atomic mass is 9.76. The average molecular weight is 306 g/mol. The molecule has 3 heteroatoms. The Bertz CT molecular complexity index is 606. The summed E-state index contributed by atoms with van der Waals surface area (Å²) in [5, 5.41) is 5.34. The maximum Gasteiger partial charge on any atom is 0.134 e. The second-order valence-corrected chi connectivity index (χ2v) is 6.73. The molecular formula is C18H24ClNO. The predicted molar refractivity (Wildman–Crippen MR) is 88.8 cm³/mol. The van der Waals surface area contributed by atoms with Crippen LogP contribution in [0.25, 0.3) is 11.0 Å². The van der Waals surface area contributed by atoms with E-state index in [-0.39, 0.29) is 0 Å². The van der Waals surface area contributed by atoms with Crippen molar-refractivity contribution in [3.05, 3.63) is 35.0 Å². The van der Waals surface area contributed by atoms with Crippen LogP contribution in [0.1, 0.15) is 50.8 Å². The molecule has 3 rings (SSSR count). The van der Waals surface area contributed by atoms with E-state index >= 15 is 0 Å². The molecule has 1 fully saturated rings. The van der Waals surface area contributed by atoms with Crippen LogP contribution in [0, 0.1) is 11.8 Å². The summed E-state index contributed by atoms with van der Waals surface area (Å²) < 4.78 is 6.08. The van der Waals surface area contributed by atoms with Crippen LogP contribution >= 0.6 is 11.6 Å². The molecule has 0 bridgehead atoms. The van der Waals surface area contributed by atoms with Gasteiger partial charge in [0.2, 0.25) is 0 Å². The van der Waals surface area contributed by atoms with E-state index in [0.29, 0.717) is 12.0 Å². The van der Waals surface area contributed by atoms with Crippen LogP contribution in [0.4, 0.5) is 0 Å². The Morgan fingerprint density at radius 2 is 2.19 bits per heavy atom. The fourth-order valence-corrected chi connectivity index (χ4v) is 3.98. The zero-order chi connectivity index (χ0) is 14.8. The Labute approximate surface area is 131 Å². The Morgan fingerprint density at radius 3 is 2.95 bits per heavy atom. The van der Waals surface area contributed by atoms with Crippen molar-refractivity contribution in [1.82, 2.24) is 5.32 Å². The van der Waals surface area contributed by atoms with Gasteiger partial charge in [-0.2, -0.15) is 0 Å². The first-order chi connectivity index (χ1) is 10.2. The monoisotopic (exact) mass is 305 g/mol. The van der Waals surface area contributed by atoms with Crippen molar-refractivity contribution in [2.24, 2.45) is 11.8 Å². The molecule has 3 atom stereocenters. The molecule has 0 saturated heterocycles. The molecule has 2 aromatic rings. The van der Waals surface area contributed by atoms with Crippen molar-refractivity contribution >= 4 is 22.6 Å². The highest BCUT2D eigenvalue weighted by molar-refractivity contribution is 6.31. The summed E-state index contributed by atoms with van der Waals surface area (Å²) in [6.45, 7) is 2.31. The molecule has 1 aromatic heterocycles. The van der Waals surface area contributed by atoms with Gasteiger partial charge in [0, 0.05) is 10.4 Å². The maximum atomic E-state index is 6.08. The van der Waals surface area contributed by atoms with E-state index in [1.54, 1.807) is 0 Å². The maximum absolute atomic E-state index is 6.08. The lowest BCUT2D eigenvalue weighted by Gasteiger charge is -2.33. The average Bonchev–Trinajstić information content (AvgIpc) is 2.91. The molecule has 1 aliphatic carbocycles. The molecule has 0 spiro atoms. The van der Waals surface area contributed by atoms with Gasteiger partial charge >= 0.3 is 0 Å². The third-order valence-electron chi connectivity index (χ3n) is 4.99. The van der Waals surface area contributed by atoms with Crippen molar-refractivity contribution in [2.75, 3.05) is 7.05 Å². The summed E-state index contributed by atoms with van der Waals surface area (Å²) >= 11 is 6.07. The zero-order valence-electron chi connectivity index (χ0n) is 12.9. The number of furan rings is 1. The number of hydrogen-bond acceptors (Lipinski definition) is 2. The number of fused-ring (bicyclic) bond motifs is 1. The van der Waals surface area contributed by atoms with Crippen molar-refractivity contribution in [1.29, 1.82) is 0 Å². The van der Waals surface area contributed by atoms with E-state index < -0.39 is 0 Å². The van der Waals surface area contributed by atoms with Gasteiger partial charge in [-0.3, -0.25) is 0 Å². The molecule has 0 radical (unpaired) electrons. The number of hydrogen-bond donors (Lipinski definition) is 1. The van der Waals surface area contributed by atoms with Crippen molar-refractivity contribution in [3.8, 4) is 0 Å². The predicted octanol–water partition coefficient (Wildman–Crippen LogP) is 5.56. The van der Waals surface area contributed by atoms with Crippen LogP contribution in [0.5, 0.6) is 0 Å². The molecule has 1 aliphatic rings. The highest BCUT2D eigenvalue weighted by Gasteiger charge is 2.29. The van der Waals surface area contributed by atoms with Gasteiger partial charge in [0.1, 0.15) is 11.3 Å². The number of rotatable bonds is 4. The minimum atomic E-state index is 0.311. The summed E-state index contributed by atoms with van der Waals surface area (Å²) in [7, 11) is 2.04. The molecule has 1 heterocycles. The number of nitrogens with one attached hydrogen (secondary N) is 1. The Balaban J connectivity index is 1.87. The lowest BCUT2D eigenvalue weighted by Crippen LogP contribution is -2.29. The molecule has 0 aliphatic heterocycles. The Hall–Kier alpha value is -0.990. The molecule has 114 valence electrons. The molecular weight excluding hydrogens is 282 g/mol. The topological polar surface area (TPSA) is 25.2 Å². The molecule has 1 aromatic carbocycles. The van der Waals surface area contributed by atoms with Crippen molar-refractivity contribution in [3.63, 3.8) is 0 Å². The fraction of sp³-hybridized carbons (Fsp3) is 0.556. The van der Waals surface area contributed by atoms with Gasteiger partial charge in [-0.25, -0.2) is 0 Å². The summed E-state index contributed by atoms with van der Waals surface area (Å²) in [6.07, 6.45) is 6.62. The number of benzene rings is 1. The zero-order valence-corrected chi connectivity index (χ0v) is 13.6. The van der Waals surface area contributed by atoms with Crippen LogP contribution in [0.15, 0.2) is 28.7 Å². The first-order valence-electron chi connectivity index (χ1n) is 8.07. The van der Waals surface area contributed by atoms with E-state index in [4.69, 9.17) is 16.0 Å². The smallest absolute Gasteiger partial charge is 0.134 e. The van der Waals surface area contributed by atoms with E-state index in [0.717, 1.165) is 27.7 Å². The summed E-state index contributed by atoms with van der Waals surface area (Å²) in [6, 6.07) is 8.29. The van der Waals surface area contributed by atoms with Crippen LogP contribution in [-0.2, 0) is 0 Å². The first-order valence-corrected chi connectivity index (χ1v) is 8.45. The van der Waals surface area contributed by atoms with Gasteiger partial charge in [0.15, 0.2) is 0 Å². The van der Waals surface area contributed by atoms with Crippen LogP contribution in [0.3, 0.4) is 0 Å². The molecule has 0 amide bonds. The van der Waals surface area contributed by atoms with Gasteiger partial charge in [-0.05, 0) is 56.0 Å². The van der Waals surface area contributed by atoms with E-state index in [9.17, 15) is 0 Å². The molecule has 21 heavy (non-hydrogen) atoms. The largest absolute Gasteiger partial charge is 0.459 e. The van der Waals surface area contributed by atoms with Crippen molar-refractivity contribution < 1.29 is 4.42 Å². The fourth-order valence-electron chi connectivity index (χ4n) is 3.80. The SMILES string of the molecule is CCC1CCCC(C(NC)c2cc3cc(Cl)ccc3o2)C1. The highest BCUT2D eigenvalue weighted by atomic mass is 35.5. The van der Waals surface area contributed by atoms with Gasteiger partial charge in [-0.1, -0.05) is 37.8 Å². The third kappa shape index (κ3) is 3.12. The quantitative estimate of drug-likeness (QED) is 0.799. The van der Waals surface area contributed by atoms with Crippen LogP contribution in [-0.4, -0.2) is 7.05 Å². The van der Waals surface area contributed by atoms with Crippen molar-refractivity contribution in [2.45, 2.75) is 45.1 Å². The van der Waals surface area contributed by atoms with Gasteiger partial charge in [0.25, 0.3) is 0 Å². The van der Waals surface area contributed by atoms with Gasteiger partial charge in [0.05, 0.1) is 6.04 Å². The van der Waals surface area contributed by atoms with Crippen LogP contribution in [0.2, 0.25) is 5.02 Å².